The van der Waals surface area contributed by atoms with Gasteiger partial charge < -0.3 is 15.2 Å². The van der Waals surface area contributed by atoms with Crippen LogP contribution in [-0.4, -0.2) is 29.4 Å². The zero-order valence-electron chi connectivity index (χ0n) is 17.6. The third-order valence-electron chi connectivity index (χ3n) is 4.70. The van der Waals surface area contributed by atoms with Crippen LogP contribution >= 0.6 is 27.3 Å². The minimum absolute atomic E-state index is 0.0557. The number of aromatic nitrogens is 2. The molecule has 0 saturated heterocycles. The molecule has 8 nitrogen and oxygen atoms in total. The van der Waals surface area contributed by atoms with E-state index in [0.717, 1.165) is 33.2 Å². The van der Waals surface area contributed by atoms with E-state index in [9.17, 15) is 4.79 Å². The molecule has 33 heavy (non-hydrogen) atoms. The summed E-state index contributed by atoms with van der Waals surface area (Å²) in [4.78, 5) is 12.0. The molecule has 0 aliphatic rings. The Labute approximate surface area is 202 Å². The Morgan fingerprint density at radius 1 is 1.21 bits per heavy atom. The summed E-state index contributed by atoms with van der Waals surface area (Å²) in [5, 5.41) is 14.6. The quantitative estimate of drug-likeness (QED) is 0.261. The summed E-state index contributed by atoms with van der Waals surface area (Å²) in [6, 6.07) is 17.9. The molecule has 0 fully saturated rings. The molecular formula is C23H20BrN5O3S. The van der Waals surface area contributed by atoms with Gasteiger partial charge in [-0.3, -0.25) is 4.79 Å². The summed E-state index contributed by atoms with van der Waals surface area (Å²) >= 11 is 4.71. The number of benzene rings is 3. The summed E-state index contributed by atoms with van der Waals surface area (Å²) in [6.07, 6.45) is 1.58. The summed E-state index contributed by atoms with van der Waals surface area (Å²) < 4.78 is 12.3. The van der Waals surface area contributed by atoms with Crippen LogP contribution in [0, 0.1) is 0 Å². The van der Waals surface area contributed by atoms with Crippen LogP contribution in [0.4, 0.5) is 5.13 Å². The van der Waals surface area contributed by atoms with E-state index in [-0.39, 0.29) is 12.3 Å². The van der Waals surface area contributed by atoms with E-state index in [2.05, 4.69) is 54.9 Å². The summed E-state index contributed by atoms with van der Waals surface area (Å²) in [7, 11) is 1.57. The monoisotopic (exact) mass is 525 g/mol. The van der Waals surface area contributed by atoms with Gasteiger partial charge in [0.1, 0.15) is 11.6 Å². The van der Waals surface area contributed by atoms with Gasteiger partial charge in [0.05, 0.1) is 24.2 Å². The Balaban J connectivity index is 1.44. The third-order valence-corrected chi connectivity index (χ3v) is 6.04. The lowest BCUT2D eigenvalue weighted by Gasteiger charge is -2.14. The van der Waals surface area contributed by atoms with Crippen molar-refractivity contribution >= 4 is 55.3 Å². The number of anilines is 1. The first-order chi connectivity index (χ1) is 16.0. The number of nitrogens with two attached hydrogens (primary N) is 1. The van der Waals surface area contributed by atoms with Crippen molar-refractivity contribution in [1.82, 2.24) is 15.6 Å². The maximum atomic E-state index is 12.0. The standard InChI is InChI=1S/C23H20BrN5O3S/c1-31-19-10-14(12-26-27-20(30)11-21-28-29-23(25)33-21)9-18(24)22(19)32-13-16-7-4-6-15-5-2-3-8-17(15)16/h2-10,12H,11,13H2,1H3,(H2,25,29)(H,27,30)/b26-12+. The second-order valence-corrected chi connectivity index (χ2v) is 8.91. The smallest absolute Gasteiger partial charge is 0.247 e. The van der Waals surface area contributed by atoms with E-state index in [0.29, 0.717) is 32.7 Å². The molecular weight excluding hydrogens is 506 g/mol. The highest BCUT2D eigenvalue weighted by molar-refractivity contribution is 9.10. The molecule has 0 aliphatic heterocycles. The van der Waals surface area contributed by atoms with Crippen LogP contribution < -0.4 is 20.6 Å². The largest absolute Gasteiger partial charge is 0.493 e. The number of ether oxygens (including phenoxy) is 2. The van der Waals surface area contributed by atoms with Crippen molar-refractivity contribution in [2.75, 3.05) is 12.8 Å². The van der Waals surface area contributed by atoms with Gasteiger partial charge in [-0.1, -0.05) is 53.8 Å². The summed E-state index contributed by atoms with van der Waals surface area (Å²) in [5.41, 5.74) is 9.78. The van der Waals surface area contributed by atoms with Crippen molar-refractivity contribution in [2.24, 2.45) is 5.10 Å². The molecule has 10 heteroatoms. The lowest BCUT2D eigenvalue weighted by atomic mass is 10.1. The summed E-state index contributed by atoms with van der Waals surface area (Å²) in [6.45, 7) is 0.385. The second kappa shape index (κ2) is 10.4. The number of amides is 1. The fourth-order valence-corrected chi connectivity index (χ4v) is 4.40. The van der Waals surface area contributed by atoms with Gasteiger partial charge in [0, 0.05) is 0 Å². The van der Waals surface area contributed by atoms with Crippen molar-refractivity contribution in [3.05, 3.63) is 75.2 Å². The minimum atomic E-state index is -0.316. The second-order valence-electron chi connectivity index (χ2n) is 6.97. The van der Waals surface area contributed by atoms with Gasteiger partial charge in [0.15, 0.2) is 11.5 Å². The predicted molar refractivity (Wildman–Crippen MR) is 133 cm³/mol. The van der Waals surface area contributed by atoms with E-state index in [4.69, 9.17) is 15.2 Å². The number of halogens is 1. The first-order valence-electron chi connectivity index (χ1n) is 9.90. The molecule has 4 rings (SSSR count). The van der Waals surface area contributed by atoms with Crippen LogP contribution in [0.1, 0.15) is 16.1 Å². The maximum Gasteiger partial charge on any atom is 0.247 e. The van der Waals surface area contributed by atoms with Gasteiger partial charge in [0.25, 0.3) is 0 Å². The number of carbonyl (C=O) groups excluding carboxylic acids is 1. The Kier molecular flexibility index (Phi) is 7.16. The average Bonchev–Trinajstić information content (AvgIpc) is 3.22. The van der Waals surface area contributed by atoms with Crippen LogP contribution in [0.5, 0.6) is 11.5 Å². The molecule has 0 bridgehead atoms. The fourth-order valence-electron chi connectivity index (χ4n) is 3.22. The number of nitrogens with zero attached hydrogens (tertiary/aromatic N) is 3. The molecule has 1 heterocycles. The first-order valence-corrected chi connectivity index (χ1v) is 11.5. The highest BCUT2D eigenvalue weighted by Crippen LogP contribution is 2.37. The normalized spacial score (nSPS) is 11.1. The molecule has 0 saturated carbocycles. The number of carbonyl (C=O) groups is 1. The van der Waals surface area contributed by atoms with Crippen LogP contribution in [0.25, 0.3) is 10.8 Å². The van der Waals surface area contributed by atoms with Gasteiger partial charge >= 0.3 is 0 Å². The molecule has 0 aliphatic carbocycles. The predicted octanol–water partition coefficient (Wildman–Crippen LogP) is 4.32. The highest BCUT2D eigenvalue weighted by atomic mass is 79.9. The fraction of sp³-hybridized carbons (Fsp3) is 0.130. The molecule has 0 unspecified atom stereocenters. The molecule has 1 amide bonds. The molecule has 3 aromatic carbocycles. The van der Waals surface area contributed by atoms with E-state index < -0.39 is 0 Å². The minimum Gasteiger partial charge on any atom is -0.493 e. The van der Waals surface area contributed by atoms with Gasteiger partial charge in [-0.05, 0) is 50.0 Å². The highest BCUT2D eigenvalue weighted by Gasteiger charge is 2.13. The average molecular weight is 526 g/mol. The number of hydrogen-bond acceptors (Lipinski definition) is 8. The zero-order valence-corrected chi connectivity index (χ0v) is 20.0. The Morgan fingerprint density at radius 2 is 2.03 bits per heavy atom. The van der Waals surface area contributed by atoms with E-state index >= 15 is 0 Å². The molecule has 3 N–H and O–H groups in total. The Morgan fingerprint density at radius 3 is 2.82 bits per heavy atom. The molecule has 0 atom stereocenters. The first kappa shape index (κ1) is 22.7. The van der Waals surface area contributed by atoms with Crippen LogP contribution in [0.15, 0.2) is 64.2 Å². The van der Waals surface area contributed by atoms with Crippen molar-refractivity contribution < 1.29 is 14.3 Å². The molecule has 1 aromatic heterocycles. The van der Waals surface area contributed by atoms with E-state index in [1.165, 1.54) is 6.21 Å². The number of rotatable bonds is 8. The van der Waals surface area contributed by atoms with Crippen LogP contribution in [0.2, 0.25) is 0 Å². The van der Waals surface area contributed by atoms with Crippen molar-refractivity contribution in [2.45, 2.75) is 13.0 Å². The molecule has 168 valence electrons. The lowest BCUT2D eigenvalue weighted by molar-refractivity contribution is -0.120. The van der Waals surface area contributed by atoms with Crippen molar-refractivity contribution in [1.29, 1.82) is 0 Å². The number of nitrogens with one attached hydrogen (secondary N) is 1. The summed E-state index contributed by atoms with van der Waals surface area (Å²) in [5.74, 6) is 0.811. The number of hydrazone groups is 1. The maximum absolute atomic E-state index is 12.0. The Bertz CT molecular complexity index is 1320. The van der Waals surface area contributed by atoms with Gasteiger partial charge in [-0.15, -0.1) is 10.2 Å². The van der Waals surface area contributed by atoms with Crippen LogP contribution in [0.3, 0.4) is 0 Å². The molecule has 0 spiro atoms. The Hall–Kier alpha value is -3.50. The topological polar surface area (TPSA) is 112 Å². The third kappa shape index (κ3) is 5.65. The zero-order chi connectivity index (χ0) is 23.2. The van der Waals surface area contributed by atoms with E-state index in [1.54, 1.807) is 13.2 Å². The molecule has 0 radical (unpaired) electrons. The van der Waals surface area contributed by atoms with E-state index in [1.807, 2.05) is 30.3 Å². The lowest BCUT2D eigenvalue weighted by Crippen LogP contribution is -2.19. The molecule has 4 aromatic rings. The SMILES string of the molecule is COc1cc(/C=N/NC(=O)Cc2nnc(N)s2)cc(Br)c1OCc1cccc2ccccc12. The number of fused-ring (bicyclic) bond motifs is 1. The number of methoxy groups -OCH3 is 1. The number of hydrogen-bond donors (Lipinski definition) is 2. The van der Waals surface area contributed by atoms with Crippen molar-refractivity contribution in [3.8, 4) is 11.5 Å². The number of nitrogen functional groups attached to an aromatic ring is 1. The van der Waals surface area contributed by atoms with Crippen LogP contribution in [-0.2, 0) is 17.8 Å². The van der Waals surface area contributed by atoms with Gasteiger partial charge in [0.2, 0.25) is 11.0 Å². The van der Waals surface area contributed by atoms with Crippen molar-refractivity contribution in [3.63, 3.8) is 0 Å². The van der Waals surface area contributed by atoms with Gasteiger partial charge in [-0.25, -0.2) is 5.43 Å². The van der Waals surface area contributed by atoms with Gasteiger partial charge in [-0.2, -0.15) is 5.10 Å².